The van der Waals surface area contributed by atoms with Gasteiger partial charge in [-0.3, -0.25) is 4.79 Å². The van der Waals surface area contributed by atoms with Gasteiger partial charge >= 0.3 is 5.97 Å². The highest BCUT2D eigenvalue weighted by Crippen LogP contribution is 2.09. The van der Waals surface area contributed by atoms with Crippen LogP contribution in [0.25, 0.3) is 0 Å². The molecule has 0 spiro atoms. The predicted octanol–water partition coefficient (Wildman–Crippen LogP) is 1.45. The van der Waals surface area contributed by atoms with Crippen molar-refractivity contribution in [2.45, 2.75) is 46.6 Å². The lowest BCUT2D eigenvalue weighted by atomic mass is 10.0. The molecule has 0 aliphatic heterocycles. The fraction of sp³-hybridized carbons (Fsp3) is 0.909. The van der Waals surface area contributed by atoms with Crippen LogP contribution in [0.5, 0.6) is 0 Å². The van der Waals surface area contributed by atoms with Crippen molar-refractivity contribution in [3.63, 3.8) is 0 Å². The second kappa shape index (κ2) is 6.96. The minimum absolute atomic E-state index is 0.0417. The van der Waals surface area contributed by atoms with E-state index in [9.17, 15) is 13.2 Å². The Balaban J connectivity index is 4.47. The van der Waals surface area contributed by atoms with Gasteiger partial charge in [-0.2, -0.15) is 0 Å². The van der Waals surface area contributed by atoms with E-state index < -0.39 is 22.0 Å². The van der Waals surface area contributed by atoms with Crippen molar-refractivity contribution in [2.24, 2.45) is 11.8 Å². The molecule has 0 aromatic carbocycles. The van der Waals surface area contributed by atoms with Crippen LogP contribution >= 0.6 is 0 Å². The Morgan fingerprint density at radius 3 is 2.12 bits per heavy atom. The molecule has 1 atom stereocenters. The van der Waals surface area contributed by atoms with Gasteiger partial charge in [-0.05, 0) is 18.3 Å². The summed E-state index contributed by atoms with van der Waals surface area (Å²) in [5.74, 6) is -0.674. The zero-order valence-electron chi connectivity index (χ0n) is 10.9. The third-order valence-corrected chi connectivity index (χ3v) is 3.93. The van der Waals surface area contributed by atoms with Crippen molar-refractivity contribution in [2.75, 3.05) is 5.75 Å². The maximum Gasteiger partial charge on any atom is 0.304 e. The topological polar surface area (TPSA) is 83.5 Å². The molecule has 0 amide bonds. The van der Waals surface area contributed by atoms with Gasteiger partial charge in [-0.15, -0.1) is 0 Å². The summed E-state index contributed by atoms with van der Waals surface area (Å²) in [6, 6.07) is -0.537. The third-order valence-electron chi connectivity index (χ3n) is 2.49. The molecule has 0 bridgehead atoms. The molecule has 2 N–H and O–H groups in total. The van der Waals surface area contributed by atoms with E-state index in [-0.39, 0.29) is 18.1 Å². The van der Waals surface area contributed by atoms with Gasteiger partial charge in [0.05, 0.1) is 12.2 Å². The Morgan fingerprint density at radius 1 is 1.24 bits per heavy atom. The summed E-state index contributed by atoms with van der Waals surface area (Å²) < 4.78 is 25.9. The maximum absolute atomic E-state index is 11.7. The molecule has 0 aromatic heterocycles. The molecule has 1 unspecified atom stereocenters. The molecular weight excluding hydrogens is 242 g/mol. The van der Waals surface area contributed by atoms with Crippen LogP contribution in [0.1, 0.15) is 40.5 Å². The fourth-order valence-electron chi connectivity index (χ4n) is 1.28. The van der Waals surface area contributed by atoms with Gasteiger partial charge in [0.1, 0.15) is 0 Å². The highest BCUT2D eigenvalue weighted by atomic mass is 32.2. The summed E-state index contributed by atoms with van der Waals surface area (Å²) in [5, 5.41) is 8.71. The van der Waals surface area contributed by atoms with E-state index in [1.54, 1.807) is 13.8 Å². The Kier molecular flexibility index (Phi) is 6.70. The van der Waals surface area contributed by atoms with Crippen molar-refractivity contribution < 1.29 is 18.3 Å². The average molecular weight is 265 g/mol. The fourth-order valence-corrected chi connectivity index (χ4v) is 3.00. The lowest BCUT2D eigenvalue weighted by Gasteiger charge is -2.20. The van der Waals surface area contributed by atoms with E-state index in [2.05, 4.69) is 4.72 Å². The number of carboxylic acid groups (broad SMARTS) is 1. The summed E-state index contributed by atoms with van der Waals surface area (Å²) in [4.78, 5) is 10.6. The molecule has 0 radical (unpaired) electrons. The lowest BCUT2D eigenvalue weighted by molar-refractivity contribution is -0.137. The van der Waals surface area contributed by atoms with Crippen LogP contribution < -0.4 is 4.72 Å². The molecule has 0 aliphatic rings. The van der Waals surface area contributed by atoms with Gasteiger partial charge in [0, 0.05) is 6.04 Å². The molecule has 6 heteroatoms. The van der Waals surface area contributed by atoms with Gasteiger partial charge in [-0.1, -0.05) is 27.7 Å². The molecule has 0 saturated heterocycles. The first-order chi connectivity index (χ1) is 7.64. The smallest absolute Gasteiger partial charge is 0.304 e. The molecule has 0 rings (SSSR count). The lowest BCUT2D eigenvalue weighted by Crippen LogP contribution is -2.41. The summed E-state index contributed by atoms with van der Waals surface area (Å²) in [7, 11) is -3.38. The van der Waals surface area contributed by atoms with Gasteiger partial charge in [0.2, 0.25) is 10.0 Å². The first-order valence-electron chi connectivity index (χ1n) is 5.86. The SMILES string of the molecule is CC(C)CCS(=O)(=O)NC(CC(=O)O)C(C)C. The zero-order chi connectivity index (χ0) is 13.6. The van der Waals surface area contributed by atoms with Gasteiger partial charge in [0.25, 0.3) is 0 Å². The normalized spacial score (nSPS) is 14.2. The number of aliphatic carboxylic acids is 1. The number of sulfonamides is 1. The summed E-state index contributed by atoms with van der Waals surface area (Å²) in [5.41, 5.74) is 0. The first-order valence-corrected chi connectivity index (χ1v) is 7.51. The van der Waals surface area contributed by atoms with E-state index in [1.165, 1.54) is 0 Å². The molecular formula is C11H23NO4S. The molecule has 0 aromatic rings. The van der Waals surface area contributed by atoms with Crippen LogP contribution in [-0.4, -0.2) is 31.3 Å². The molecule has 0 saturated carbocycles. The van der Waals surface area contributed by atoms with E-state index in [0.717, 1.165) is 0 Å². The number of nitrogens with one attached hydrogen (secondary N) is 1. The Morgan fingerprint density at radius 2 is 1.76 bits per heavy atom. The summed E-state index contributed by atoms with van der Waals surface area (Å²) >= 11 is 0. The standard InChI is InChI=1S/C11H23NO4S/c1-8(2)5-6-17(15,16)12-10(9(3)4)7-11(13)14/h8-10,12H,5-7H2,1-4H3,(H,13,14). The molecule has 17 heavy (non-hydrogen) atoms. The quantitative estimate of drug-likeness (QED) is 0.696. The monoisotopic (exact) mass is 265 g/mol. The van der Waals surface area contributed by atoms with Gasteiger partial charge < -0.3 is 5.11 Å². The van der Waals surface area contributed by atoms with Crippen molar-refractivity contribution in [1.29, 1.82) is 0 Å². The van der Waals surface area contributed by atoms with Crippen LogP contribution in [0.4, 0.5) is 0 Å². The Labute approximate surface area is 104 Å². The van der Waals surface area contributed by atoms with Crippen molar-refractivity contribution in [3.8, 4) is 0 Å². The molecule has 0 fully saturated rings. The first kappa shape index (κ1) is 16.4. The van der Waals surface area contributed by atoms with E-state index in [1.807, 2.05) is 13.8 Å². The summed E-state index contributed by atoms with van der Waals surface area (Å²) in [6.45, 7) is 7.51. The van der Waals surface area contributed by atoms with E-state index in [4.69, 9.17) is 5.11 Å². The minimum Gasteiger partial charge on any atom is -0.481 e. The van der Waals surface area contributed by atoms with Gasteiger partial charge in [0.15, 0.2) is 0 Å². The van der Waals surface area contributed by atoms with Gasteiger partial charge in [-0.25, -0.2) is 13.1 Å². The Bertz CT molecular complexity index is 335. The number of carbonyl (C=O) groups is 1. The second-order valence-electron chi connectivity index (χ2n) is 5.07. The van der Waals surface area contributed by atoms with Crippen molar-refractivity contribution in [1.82, 2.24) is 4.72 Å². The number of hydrogen-bond acceptors (Lipinski definition) is 3. The number of hydrogen-bond donors (Lipinski definition) is 2. The third kappa shape index (κ3) is 8.15. The average Bonchev–Trinajstić information content (AvgIpc) is 2.12. The predicted molar refractivity (Wildman–Crippen MR) is 67.3 cm³/mol. The number of carboxylic acids is 1. The van der Waals surface area contributed by atoms with Crippen LogP contribution in [0.15, 0.2) is 0 Å². The molecule has 0 heterocycles. The van der Waals surface area contributed by atoms with E-state index >= 15 is 0 Å². The van der Waals surface area contributed by atoms with E-state index in [0.29, 0.717) is 12.3 Å². The second-order valence-corrected chi connectivity index (χ2v) is 6.94. The molecule has 0 aliphatic carbocycles. The van der Waals surface area contributed by atoms with Crippen LogP contribution in [0, 0.1) is 11.8 Å². The van der Waals surface area contributed by atoms with Crippen molar-refractivity contribution in [3.05, 3.63) is 0 Å². The van der Waals surface area contributed by atoms with Crippen molar-refractivity contribution >= 4 is 16.0 Å². The van der Waals surface area contributed by atoms with Crippen LogP contribution in [-0.2, 0) is 14.8 Å². The van der Waals surface area contributed by atoms with Crippen LogP contribution in [0.3, 0.4) is 0 Å². The zero-order valence-corrected chi connectivity index (χ0v) is 11.8. The summed E-state index contributed by atoms with van der Waals surface area (Å²) in [6.07, 6.45) is 0.395. The maximum atomic E-state index is 11.7. The molecule has 5 nitrogen and oxygen atoms in total. The minimum atomic E-state index is -3.38. The highest BCUT2D eigenvalue weighted by Gasteiger charge is 2.23. The largest absolute Gasteiger partial charge is 0.481 e. The highest BCUT2D eigenvalue weighted by molar-refractivity contribution is 7.89. The molecule has 102 valence electrons. The number of rotatable bonds is 8. The Hall–Kier alpha value is -0.620. The van der Waals surface area contributed by atoms with Crippen LogP contribution in [0.2, 0.25) is 0 Å².